The van der Waals surface area contributed by atoms with Crippen LogP contribution in [-0.2, 0) is 6.54 Å². The van der Waals surface area contributed by atoms with Crippen LogP contribution in [-0.4, -0.2) is 33.0 Å². The van der Waals surface area contributed by atoms with Crippen LogP contribution >= 0.6 is 24.8 Å². The molecule has 0 aromatic carbocycles. The number of pyridine rings is 1. The Bertz CT molecular complexity index is 966. The summed E-state index contributed by atoms with van der Waals surface area (Å²) in [7, 11) is 0. The Morgan fingerprint density at radius 2 is 2.00 bits per heavy atom. The maximum absolute atomic E-state index is 12.9. The van der Waals surface area contributed by atoms with Crippen LogP contribution in [0.4, 0.5) is 0 Å². The number of fused-ring (bicyclic) bond motifs is 1. The van der Waals surface area contributed by atoms with Gasteiger partial charge in [0.1, 0.15) is 0 Å². The van der Waals surface area contributed by atoms with Crippen LogP contribution in [0.25, 0.3) is 11.0 Å². The van der Waals surface area contributed by atoms with Gasteiger partial charge in [-0.3, -0.25) is 19.1 Å². The number of aryl methyl sites for hydroxylation is 1. The lowest BCUT2D eigenvalue weighted by molar-refractivity contribution is 0.0935. The minimum Gasteiger partial charge on any atom is -0.348 e. The predicted molar refractivity (Wildman–Crippen MR) is 114 cm³/mol. The van der Waals surface area contributed by atoms with Crippen molar-refractivity contribution < 1.29 is 4.79 Å². The van der Waals surface area contributed by atoms with Gasteiger partial charge in [0.15, 0.2) is 5.65 Å². The fraction of sp³-hybridized carbons (Fsp3) is 0.556. The van der Waals surface area contributed by atoms with E-state index in [1.165, 1.54) is 4.57 Å². The highest BCUT2D eigenvalue weighted by atomic mass is 35.5. The number of hydrogen-bond acceptors (Lipinski definition) is 5. The quantitative estimate of drug-likeness (QED) is 0.639. The number of H-pyrrole nitrogens is 1. The summed E-state index contributed by atoms with van der Waals surface area (Å²) in [6, 6.07) is 1.53. The van der Waals surface area contributed by atoms with Crippen LogP contribution in [0.1, 0.15) is 55.6 Å². The molecule has 0 saturated heterocycles. The number of carbonyl (C=O) groups excluding carboxylic acids is 1. The molecule has 0 aliphatic heterocycles. The fourth-order valence-corrected chi connectivity index (χ4v) is 3.18. The Hall–Kier alpha value is -1.90. The summed E-state index contributed by atoms with van der Waals surface area (Å²) in [5, 5.41) is 3.09. The van der Waals surface area contributed by atoms with E-state index in [4.69, 9.17) is 5.73 Å². The molecule has 2 heterocycles. The molecule has 1 atom stereocenters. The molecule has 0 bridgehead atoms. The molecule has 0 radical (unpaired) electrons. The Kier molecular flexibility index (Phi) is 8.22. The average molecular weight is 432 g/mol. The van der Waals surface area contributed by atoms with E-state index >= 15 is 0 Å². The van der Waals surface area contributed by atoms with Crippen molar-refractivity contribution in [1.82, 2.24) is 19.9 Å². The number of carbonyl (C=O) groups is 1. The molecule has 1 fully saturated rings. The topological polar surface area (TPSA) is 123 Å². The summed E-state index contributed by atoms with van der Waals surface area (Å²) in [4.78, 5) is 44.3. The Morgan fingerprint density at radius 1 is 1.36 bits per heavy atom. The molecule has 0 spiro atoms. The number of amides is 1. The lowest BCUT2D eigenvalue weighted by Gasteiger charge is -2.18. The third kappa shape index (κ3) is 4.56. The Morgan fingerprint density at radius 3 is 2.50 bits per heavy atom. The first-order valence-corrected chi connectivity index (χ1v) is 9.06. The van der Waals surface area contributed by atoms with Gasteiger partial charge in [-0.25, -0.2) is 9.78 Å². The van der Waals surface area contributed by atoms with Crippen LogP contribution < -0.4 is 22.3 Å². The summed E-state index contributed by atoms with van der Waals surface area (Å²) < 4.78 is 1.38. The van der Waals surface area contributed by atoms with Crippen LogP contribution in [0.2, 0.25) is 0 Å². The maximum Gasteiger partial charge on any atom is 0.329 e. The minimum absolute atomic E-state index is 0. The van der Waals surface area contributed by atoms with Gasteiger partial charge in [0.05, 0.1) is 10.9 Å². The molecule has 1 unspecified atom stereocenters. The SMILES string of the molecule is CCn1c(=O)[nH]c(=O)c2c(C(=O)NC(CN)C3CC3)cc(C(C)C)nc21.Cl.Cl. The molecule has 28 heavy (non-hydrogen) atoms. The monoisotopic (exact) mass is 431 g/mol. The van der Waals surface area contributed by atoms with Crippen molar-refractivity contribution in [2.75, 3.05) is 6.54 Å². The number of halogens is 2. The molecule has 1 aliphatic rings. The van der Waals surface area contributed by atoms with Gasteiger partial charge in [0.2, 0.25) is 0 Å². The lowest BCUT2D eigenvalue weighted by Crippen LogP contribution is -2.42. The summed E-state index contributed by atoms with van der Waals surface area (Å²) in [5.74, 6) is 0.0848. The van der Waals surface area contributed by atoms with E-state index in [0.29, 0.717) is 24.7 Å². The molecule has 1 amide bonds. The van der Waals surface area contributed by atoms with Gasteiger partial charge < -0.3 is 11.1 Å². The second-order valence-electron chi connectivity index (χ2n) is 7.10. The van der Waals surface area contributed by atoms with E-state index in [-0.39, 0.29) is 59.3 Å². The molecule has 2 aromatic rings. The van der Waals surface area contributed by atoms with Gasteiger partial charge in [-0.1, -0.05) is 13.8 Å². The van der Waals surface area contributed by atoms with E-state index in [0.717, 1.165) is 12.8 Å². The fourth-order valence-electron chi connectivity index (χ4n) is 3.18. The summed E-state index contributed by atoms with van der Waals surface area (Å²) in [6.07, 6.45) is 2.10. The molecule has 8 nitrogen and oxygen atoms in total. The number of aromatic amines is 1. The van der Waals surface area contributed by atoms with Crippen LogP contribution in [0.3, 0.4) is 0 Å². The first kappa shape index (κ1) is 24.1. The zero-order valence-corrected chi connectivity index (χ0v) is 17.8. The van der Waals surface area contributed by atoms with Gasteiger partial charge in [0, 0.05) is 24.8 Å². The summed E-state index contributed by atoms with van der Waals surface area (Å²) in [5.41, 5.74) is 5.80. The van der Waals surface area contributed by atoms with Gasteiger partial charge in [0.25, 0.3) is 11.5 Å². The summed E-state index contributed by atoms with van der Waals surface area (Å²) in [6.45, 7) is 6.39. The zero-order chi connectivity index (χ0) is 19.0. The largest absolute Gasteiger partial charge is 0.348 e. The molecular weight excluding hydrogens is 405 g/mol. The van der Waals surface area contributed by atoms with E-state index < -0.39 is 11.2 Å². The van der Waals surface area contributed by atoms with Crippen molar-refractivity contribution >= 4 is 41.8 Å². The number of nitrogens with one attached hydrogen (secondary N) is 2. The normalized spacial score (nSPS) is 14.3. The van der Waals surface area contributed by atoms with E-state index in [2.05, 4.69) is 15.3 Å². The average Bonchev–Trinajstić information content (AvgIpc) is 3.43. The molecule has 156 valence electrons. The van der Waals surface area contributed by atoms with Crippen molar-refractivity contribution in [3.63, 3.8) is 0 Å². The van der Waals surface area contributed by atoms with Crippen LogP contribution in [0.15, 0.2) is 15.7 Å². The first-order valence-electron chi connectivity index (χ1n) is 9.06. The number of nitrogens with zero attached hydrogens (tertiary/aromatic N) is 2. The van der Waals surface area contributed by atoms with Crippen LogP contribution in [0.5, 0.6) is 0 Å². The van der Waals surface area contributed by atoms with Crippen LogP contribution in [0, 0.1) is 5.92 Å². The van der Waals surface area contributed by atoms with Crippen molar-refractivity contribution in [3.05, 3.63) is 38.2 Å². The maximum atomic E-state index is 12.9. The Balaban J connectivity index is 0.00000196. The van der Waals surface area contributed by atoms with E-state index in [1.54, 1.807) is 13.0 Å². The van der Waals surface area contributed by atoms with Gasteiger partial charge in [-0.2, -0.15) is 0 Å². The first-order chi connectivity index (χ1) is 12.4. The molecule has 1 saturated carbocycles. The predicted octanol–water partition coefficient (Wildman–Crippen LogP) is 1.54. The van der Waals surface area contributed by atoms with Crippen molar-refractivity contribution in [3.8, 4) is 0 Å². The highest BCUT2D eigenvalue weighted by Crippen LogP contribution is 2.32. The third-order valence-corrected chi connectivity index (χ3v) is 4.88. The number of rotatable bonds is 6. The second kappa shape index (κ2) is 9.54. The Labute approximate surface area is 175 Å². The minimum atomic E-state index is -0.599. The van der Waals surface area contributed by atoms with E-state index in [9.17, 15) is 14.4 Å². The van der Waals surface area contributed by atoms with Gasteiger partial charge in [-0.15, -0.1) is 24.8 Å². The van der Waals surface area contributed by atoms with E-state index in [1.807, 2.05) is 13.8 Å². The zero-order valence-electron chi connectivity index (χ0n) is 16.2. The van der Waals surface area contributed by atoms with Crippen molar-refractivity contribution in [1.29, 1.82) is 0 Å². The molecule has 10 heteroatoms. The highest BCUT2D eigenvalue weighted by molar-refractivity contribution is 6.05. The third-order valence-electron chi connectivity index (χ3n) is 4.88. The van der Waals surface area contributed by atoms with Crippen molar-refractivity contribution in [2.45, 2.75) is 52.1 Å². The lowest BCUT2D eigenvalue weighted by atomic mass is 10.0. The highest BCUT2D eigenvalue weighted by Gasteiger charge is 2.32. The molecular formula is C18H27Cl2N5O3. The molecule has 2 aromatic heterocycles. The molecule has 4 N–H and O–H groups in total. The smallest absolute Gasteiger partial charge is 0.329 e. The van der Waals surface area contributed by atoms with Gasteiger partial charge >= 0.3 is 5.69 Å². The van der Waals surface area contributed by atoms with Gasteiger partial charge in [-0.05, 0) is 37.7 Å². The summed E-state index contributed by atoms with van der Waals surface area (Å²) >= 11 is 0. The number of nitrogens with two attached hydrogens (primary N) is 1. The molecule has 3 rings (SSSR count). The van der Waals surface area contributed by atoms with Crippen molar-refractivity contribution in [2.24, 2.45) is 11.7 Å². The number of hydrogen-bond donors (Lipinski definition) is 3. The standard InChI is InChI=1S/C18H25N5O3.2ClH/c1-4-23-15-14(17(25)22-18(23)26)11(7-12(20-15)9(2)3)16(24)21-13(8-19)10-5-6-10;;/h7,9-10,13H,4-6,8,19H2,1-3H3,(H,21,24)(H,22,25,26);2*1H. The molecule has 1 aliphatic carbocycles. The number of aromatic nitrogens is 3. The second-order valence-corrected chi connectivity index (χ2v) is 7.10.